The molecule has 1 aliphatic carbocycles. The van der Waals surface area contributed by atoms with E-state index in [4.69, 9.17) is 10.5 Å². The first kappa shape index (κ1) is 13.3. The van der Waals surface area contributed by atoms with Gasteiger partial charge < -0.3 is 15.4 Å². The van der Waals surface area contributed by atoms with Gasteiger partial charge in [-0.3, -0.25) is 0 Å². The van der Waals surface area contributed by atoms with E-state index in [1.54, 1.807) is 0 Å². The first-order valence-corrected chi connectivity index (χ1v) is 7.19. The van der Waals surface area contributed by atoms with Gasteiger partial charge in [0.15, 0.2) is 0 Å². The van der Waals surface area contributed by atoms with Crippen LogP contribution in [0.25, 0.3) is 10.9 Å². The van der Waals surface area contributed by atoms with Crippen molar-refractivity contribution in [1.29, 1.82) is 0 Å². The minimum atomic E-state index is 0.501. The predicted octanol–water partition coefficient (Wildman–Crippen LogP) is 2.17. The van der Waals surface area contributed by atoms with E-state index in [1.807, 2.05) is 24.3 Å². The Balaban J connectivity index is 1.70. The smallest absolute Gasteiger partial charge is 0.214 e. The molecule has 106 valence electrons. The molecular weight excluding hydrogens is 250 g/mol. The number of hydrogen-bond donors (Lipinski definition) is 1. The van der Waals surface area contributed by atoms with Gasteiger partial charge in [-0.2, -0.15) is 0 Å². The molecule has 20 heavy (non-hydrogen) atoms. The average molecular weight is 271 g/mol. The second-order valence-corrected chi connectivity index (χ2v) is 5.40. The lowest BCUT2D eigenvalue weighted by Crippen LogP contribution is -2.26. The summed E-state index contributed by atoms with van der Waals surface area (Å²) in [4.78, 5) is 6.90. The molecule has 1 saturated carbocycles. The number of ether oxygens (including phenoxy) is 1. The number of fused-ring (bicyclic) bond motifs is 1. The quantitative estimate of drug-likeness (QED) is 0.875. The summed E-state index contributed by atoms with van der Waals surface area (Å²) < 4.78 is 5.80. The van der Waals surface area contributed by atoms with Gasteiger partial charge in [0.25, 0.3) is 0 Å². The molecule has 1 aliphatic rings. The summed E-state index contributed by atoms with van der Waals surface area (Å²) in [6.07, 6.45) is 2.64. The first-order valence-electron chi connectivity index (χ1n) is 7.19. The van der Waals surface area contributed by atoms with Crippen molar-refractivity contribution in [2.75, 3.05) is 20.2 Å². The maximum Gasteiger partial charge on any atom is 0.214 e. The molecule has 0 aliphatic heterocycles. The topological polar surface area (TPSA) is 51.4 Å². The minimum absolute atomic E-state index is 0.501. The van der Waals surface area contributed by atoms with Crippen molar-refractivity contribution in [3.63, 3.8) is 0 Å². The van der Waals surface area contributed by atoms with Crippen LogP contribution in [0.2, 0.25) is 0 Å². The molecule has 1 fully saturated rings. The molecule has 1 aromatic carbocycles. The van der Waals surface area contributed by atoms with Crippen molar-refractivity contribution in [1.82, 2.24) is 9.88 Å². The highest BCUT2D eigenvalue weighted by atomic mass is 16.5. The van der Waals surface area contributed by atoms with Crippen LogP contribution >= 0.6 is 0 Å². The zero-order chi connectivity index (χ0) is 13.9. The summed E-state index contributed by atoms with van der Waals surface area (Å²) in [5, 5.41) is 1.11. The standard InChI is InChI=1S/C16H21N3O/c1-19(13-6-7-13)8-9-20-16-10-12(11-17)14-4-2-3-5-15(14)18-16/h2-5,10,13H,6-9,11,17H2,1H3. The molecule has 1 aromatic heterocycles. The van der Waals surface area contributed by atoms with Crippen LogP contribution in [-0.4, -0.2) is 36.1 Å². The lowest BCUT2D eigenvalue weighted by atomic mass is 10.1. The summed E-state index contributed by atoms with van der Waals surface area (Å²) in [6, 6.07) is 10.8. The van der Waals surface area contributed by atoms with E-state index in [2.05, 4.69) is 23.0 Å². The van der Waals surface area contributed by atoms with Gasteiger partial charge in [-0.15, -0.1) is 0 Å². The van der Waals surface area contributed by atoms with Crippen molar-refractivity contribution in [2.45, 2.75) is 25.4 Å². The molecule has 0 saturated heterocycles. The number of hydrogen-bond acceptors (Lipinski definition) is 4. The molecule has 3 rings (SSSR count). The largest absolute Gasteiger partial charge is 0.476 e. The van der Waals surface area contributed by atoms with Crippen LogP contribution in [0.1, 0.15) is 18.4 Å². The fourth-order valence-corrected chi connectivity index (χ4v) is 2.46. The molecule has 4 nitrogen and oxygen atoms in total. The Morgan fingerprint density at radius 3 is 2.90 bits per heavy atom. The Morgan fingerprint density at radius 1 is 1.35 bits per heavy atom. The molecule has 0 radical (unpaired) electrons. The van der Waals surface area contributed by atoms with Gasteiger partial charge in [-0.1, -0.05) is 18.2 Å². The van der Waals surface area contributed by atoms with E-state index >= 15 is 0 Å². The van der Waals surface area contributed by atoms with E-state index in [9.17, 15) is 0 Å². The first-order chi connectivity index (χ1) is 9.78. The highest BCUT2D eigenvalue weighted by Gasteiger charge is 2.25. The van der Waals surface area contributed by atoms with E-state index in [1.165, 1.54) is 12.8 Å². The third-order valence-electron chi connectivity index (χ3n) is 3.86. The van der Waals surface area contributed by atoms with Gasteiger partial charge in [0.2, 0.25) is 5.88 Å². The summed E-state index contributed by atoms with van der Waals surface area (Å²) >= 11 is 0. The van der Waals surface area contributed by atoms with Crippen molar-refractivity contribution in [2.24, 2.45) is 5.73 Å². The molecule has 2 N–H and O–H groups in total. The van der Waals surface area contributed by atoms with Crippen LogP contribution in [0, 0.1) is 0 Å². The fraction of sp³-hybridized carbons (Fsp3) is 0.438. The predicted molar refractivity (Wildman–Crippen MR) is 80.8 cm³/mol. The summed E-state index contributed by atoms with van der Waals surface area (Å²) in [5.41, 5.74) is 7.85. The van der Waals surface area contributed by atoms with Crippen LogP contribution in [0.3, 0.4) is 0 Å². The van der Waals surface area contributed by atoms with Crippen LogP contribution in [0.5, 0.6) is 5.88 Å². The van der Waals surface area contributed by atoms with Crippen molar-refractivity contribution < 1.29 is 4.74 Å². The Kier molecular flexibility index (Phi) is 3.85. The number of benzene rings is 1. The number of nitrogens with zero attached hydrogens (tertiary/aromatic N) is 2. The van der Waals surface area contributed by atoms with Gasteiger partial charge in [0.05, 0.1) is 5.52 Å². The van der Waals surface area contributed by atoms with Crippen molar-refractivity contribution in [3.8, 4) is 5.88 Å². The van der Waals surface area contributed by atoms with E-state index in [-0.39, 0.29) is 0 Å². The zero-order valence-electron chi connectivity index (χ0n) is 11.9. The number of likely N-dealkylation sites (N-methyl/N-ethyl adjacent to an activating group) is 1. The van der Waals surface area contributed by atoms with Crippen LogP contribution in [-0.2, 0) is 6.54 Å². The fourth-order valence-electron chi connectivity index (χ4n) is 2.46. The van der Waals surface area contributed by atoms with Crippen LogP contribution in [0.4, 0.5) is 0 Å². The minimum Gasteiger partial charge on any atom is -0.476 e. The molecule has 2 aromatic rings. The van der Waals surface area contributed by atoms with Gasteiger partial charge in [-0.25, -0.2) is 4.98 Å². The summed E-state index contributed by atoms with van der Waals surface area (Å²) in [6.45, 7) is 2.11. The maximum atomic E-state index is 5.82. The van der Waals surface area contributed by atoms with Crippen LogP contribution in [0.15, 0.2) is 30.3 Å². The van der Waals surface area contributed by atoms with E-state index < -0.39 is 0 Å². The van der Waals surface area contributed by atoms with Crippen molar-refractivity contribution in [3.05, 3.63) is 35.9 Å². The Hall–Kier alpha value is -1.65. The number of pyridine rings is 1. The molecule has 1 heterocycles. The zero-order valence-corrected chi connectivity index (χ0v) is 11.9. The van der Waals surface area contributed by atoms with Gasteiger partial charge in [0, 0.05) is 30.6 Å². The Bertz CT molecular complexity index is 595. The van der Waals surface area contributed by atoms with E-state index in [0.717, 1.165) is 29.1 Å². The van der Waals surface area contributed by atoms with Crippen molar-refractivity contribution >= 4 is 10.9 Å². The second-order valence-electron chi connectivity index (χ2n) is 5.40. The third-order valence-corrected chi connectivity index (χ3v) is 3.86. The number of para-hydroxylation sites is 1. The average Bonchev–Trinajstić information content (AvgIpc) is 3.31. The highest BCUT2D eigenvalue weighted by Crippen LogP contribution is 2.25. The van der Waals surface area contributed by atoms with Gasteiger partial charge >= 0.3 is 0 Å². The highest BCUT2D eigenvalue weighted by molar-refractivity contribution is 5.82. The lowest BCUT2D eigenvalue weighted by molar-refractivity contribution is 0.227. The maximum absolute atomic E-state index is 5.82. The summed E-state index contributed by atoms with van der Waals surface area (Å²) in [7, 11) is 2.15. The monoisotopic (exact) mass is 271 g/mol. The third kappa shape index (κ3) is 2.92. The second kappa shape index (κ2) is 5.77. The molecular formula is C16H21N3O. The Labute approximate surface area is 119 Å². The SMILES string of the molecule is CN(CCOc1cc(CN)c2ccccc2n1)C1CC1. The molecule has 0 unspecified atom stereocenters. The van der Waals surface area contributed by atoms with E-state index in [0.29, 0.717) is 19.0 Å². The molecule has 0 bridgehead atoms. The molecule has 0 amide bonds. The molecule has 0 spiro atoms. The molecule has 4 heteroatoms. The van der Waals surface area contributed by atoms with Crippen LogP contribution < -0.4 is 10.5 Å². The lowest BCUT2D eigenvalue weighted by Gasteiger charge is -2.16. The number of rotatable bonds is 6. The number of aromatic nitrogens is 1. The normalized spacial score (nSPS) is 14.9. The van der Waals surface area contributed by atoms with Gasteiger partial charge in [-0.05, 0) is 31.5 Å². The summed E-state index contributed by atoms with van der Waals surface area (Å²) in [5.74, 6) is 0.674. The molecule has 0 atom stereocenters. The Morgan fingerprint density at radius 2 is 2.15 bits per heavy atom. The van der Waals surface area contributed by atoms with Gasteiger partial charge in [0.1, 0.15) is 6.61 Å². The number of nitrogens with two attached hydrogens (primary N) is 1.